The summed E-state index contributed by atoms with van der Waals surface area (Å²) >= 11 is 0. The number of methoxy groups -OCH3 is 1. The summed E-state index contributed by atoms with van der Waals surface area (Å²) in [6.07, 6.45) is 6.65. The summed E-state index contributed by atoms with van der Waals surface area (Å²) < 4.78 is 8.71. The number of para-hydroxylation sites is 1. The zero-order chi connectivity index (χ0) is 20.2. The number of benzene rings is 1. The van der Waals surface area contributed by atoms with Gasteiger partial charge in [-0.15, -0.1) is 5.10 Å². The van der Waals surface area contributed by atoms with Crippen LogP contribution in [-0.4, -0.2) is 41.6 Å². The van der Waals surface area contributed by atoms with Gasteiger partial charge in [0.05, 0.1) is 18.9 Å². The number of nitrogen functional groups attached to an aromatic ring is 1. The van der Waals surface area contributed by atoms with E-state index in [1.54, 1.807) is 22.5 Å². The van der Waals surface area contributed by atoms with Gasteiger partial charge < -0.3 is 15.6 Å². The Morgan fingerprint density at radius 3 is 2.93 bits per heavy atom. The van der Waals surface area contributed by atoms with Crippen molar-refractivity contribution in [3.8, 4) is 5.75 Å². The zero-order valence-corrected chi connectivity index (χ0v) is 16.4. The number of anilines is 1. The van der Waals surface area contributed by atoms with Crippen molar-refractivity contribution in [1.29, 1.82) is 0 Å². The van der Waals surface area contributed by atoms with Crippen molar-refractivity contribution in [2.75, 3.05) is 12.8 Å². The fraction of sp³-hybridized carbons (Fsp3) is 0.400. The van der Waals surface area contributed by atoms with Crippen LogP contribution < -0.4 is 10.5 Å². The molecule has 1 aliphatic carbocycles. The molecule has 0 radical (unpaired) electrons. The Hall–Kier alpha value is -3.20. The number of ether oxygens (including phenoxy) is 1. The highest BCUT2D eigenvalue weighted by atomic mass is 16.5. The highest BCUT2D eigenvalue weighted by Crippen LogP contribution is 2.43. The van der Waals surface area contributed by atoms with Gasteiger partial charge in [0.1, 0.15) is 11.3 Å². The summed E-state index contributed by atoms with van der Waals surface area (Å²) in [5.41, 5.74) is 7.39. The molecule has 5 rings (SSSR count). The molecule has 0 bridgehead atoms. The lowest BCUT2D eigenvalue weighted by atomic mass is 9.75. The molecule has 0 amide bonds. The van der Waals surface area contributed by atoms with E-state index >= 15 is 0 Å². The summed E-state index contributed by atoms with van der Waals surface area (Å²) in [6, 6.07) is 5.68. The molecular formula is C20H23N7O2. The highest BCUT2D eigenvalue weighted by Gasteiger charge is 2.39. The van der Waals surface area contributed by atoms with E-state index < -0.39 is 5.60 Å². The minimum Gasteiger partial charge on any atom is -0.494 e. The molecule has 0 spiro atoms. The van der Waals surface area contributed by atoms with Crippen LogP contribution in [0.3, 0.4) is 0 Å². The number of aryl methyl sites for hydroxylation is 1. The predicted octanol–water partition coefficient (Wildman–Crippen LogP) is 2.15. The second-order valence-electron chi connectivity index (χ2n) is 7.76. The van der Waals surface area contributed by atoms with E-state index in [9.17, 15) is 5.11 Å². The minimum absolute atomic E-state index is 0.0221. The molecule has 3 heterocycles. The average Bonchev–Trinajstić information content (AvgIpc) is 3.35. The van der Waals surface area contributed by atoms with Crippen LogP contribution in [0.5, 0.6) is 5.75 Å². The molecule has 1 aliphatic rings. The van der Waals surface area contributed by atoms with E-state index in [1.165, 1.54) is 0 Å². The van der Waals surface area contributed by atoms with E-state index in [0.29, 0.717) is 35.6 Å². The Morgan fingerprint density at radius 2 is 2.17 bits per heavy atom. The number of aromatic nitrogens is 6. The lowest BCUT2D eigenvalue weighted by molar-refractivity contribution is -0.00944. The number of hydrogen-bond acceptors (Lipinski definition) is 7. The molecule has 9 heteroatoms. The quantitative estimate of drug-likeness (QED) is 0.548. The third-order valence-corrected chi connectivity index (χ3v) is 5.86. The van der Waals surface area contributed by atoms with Crippen molar-refractivity contribution in [3.63, 3.8) is 0 Å². The molecule has 1 aromatic carbocycles. The standard InChI is InChI=1S/C20H23N7O2/c1-26-11-13(10-22-26)20(28)8-4-5-12(9-20)17-24-18-14-6-3-7-15(29-2)16(14)23-19(21)27(18)25-17/h3,6-7,10-12,28H,4-5,8-9H2,1-2H3,(H2,21,23)/t12?,20-/m0/s1. The Labute approximate surface area is 167 Å². The molecule has 0 aliphatic heterocycles. The van der Waals surface area contributed by atoms with Crippen molar-refractivity contribution in [2.45, 2.75) is 37.2 Å². The first-order chi connectivity index (χ1) is 14.0. The van der Waals surface area contributed by atoms with Gasteiger partial charge in [-0.1, -0.05) is 6.07 Å². The maximum absolute atomic E-state index is 11.3. The Kier molecular flexibility index (Phi) is 3.95. The summed E-state index contributed by atoms with van der Waals surface area (Å²) in [4.78, 5) is 9.27. The molecule has 9 nitrogen and oxygen atoms in total. The number of hydrogen-bond donors (Lipinski definition) is 2. The third kappa shape index (κ3) is 2.80. The Balaban J connectivity index is 1.58. The minimum atomic E-state index is -0.927. The normalized spacial score (nSPS) is 22.4. The first-order valence-corrected chi connectivity index (χ1v) is 9.69. The first kappa shape index (κ1) is 17.9. The Morgan fingerprint density at radius 1 is 1.31 bits per heavy atom. The third-order valence-electron chi connectivity index (χ3n) is 5.86. The molecule has 1 fully saturated rings. The predicted molar refractivity (Wildman–Crippen MR) is 108 cm³/mol. The van der Waals surface area contributed by atoms with Crippen molar-refractivity contribution in [1.82, 2.24) is 29.4 Å². The van der Waals surface area contributed by atoms with Crippen LogP contribution in [-0.2, 0) is 12.6 Å². The van der Waals surface area contributed by atoms with E-state index in [0.717, 1.165) is 23.8 Å². The lowest BCUT2D eigenvalue weighted by Crippen LogP contribution is -2.32. The van der Waals surface area contributed by atoms with Gasteiger partial charge in [-0.2, -0.15) is 9.61 Å². The molecule has 2 atom stereocenters. The van der Waals surface area contributed by atoms with E-state index in [4.69, 9.17) is 15.5 Å². The molecule has 29 heavy (non-hydrogen) atoms. The first-order valence-electron chi connectivity index (χ1n) is 9.69. The van der Waals surface area contributed by atoms with Crippen molar-refractivity contribution < 1.29 is 9.84 Å². The molecule has 150 valence electrons. The van der Waals surface area contributed by atoms with Gasteiger partial charge in [0.15, 0.2) is 11.5 Å². The monoisotopic (exact) mass is 393 g/mol. The number of aliphatic hydroxyl groups is 1. The topological polar surface area (TPSA) is 116 Å². The Bertz CT molecular complexity index is 1210. The van der Waals surface area contributed by atoms with Gasteiger partial charge in [-0.3, -0.25) is 4.68 Å². The van der Waals surface area contributed by atoms with Crippen LogP contribution in [0, 0.1) is 0 Å². The zero-order valence-electron chi connectivity index (χ0n) is 16.4. The largest absolute Gasteiger partial charge is 0.494 e. The van der Waals surface area contributed by atoms with E-state index in [1.807, 2.05) is 31.4 Å². The van der Waals surface area contributed by atoms with Crippen LogP contribution in [0.15, 0.2) is 30.6 Å². The molecule has 1 unspecified atom stereocenters. The fourth-order valence-corrected chi connectivity index (χ4v) is 4.38. The van der Waals surface area contributed by atoms with Crippen molar-refractivity contribution >= 4 is 22.5 Å². The van der Waals surface area contributed by atoms with E-state index in [2.05, 4.69) is 15.2 Å². The number of fused-ring (bicyclic) bond motifs is 3. The van der Waals surface area contributed by atoms with Crippen molar-refractivity contribution in [3.05, 3.63) is 42.0 Å². The fourth-order valence-electron chi connectivity index (χ4n) is 4.38. The smallest absolute Gasteiger partial charge is 0.223 e. The molecule has 0 saturated heterocycles. The molecule has 3 N–H and O–H groups in total. The van der Waals surface area contributed by atoms with Gasteiger partial charge in [0.25, 0.3) is 0 Å². The lowest BCUT2D eigenvalue weighted by Gasteiger charge is -2.35. The summed E-state index contributed by atoms with van der Waals surface area (Å²) in [6.45, 7) is 0. The molecule has 4 aromatic rings. The summed E-state index contributed by atoms with van der Waals surface area (Å²) in [5, 5.41) is 21.0. The average molecular weight is 393 g/mol. The second-order valence-corrected chi connectivity index (χ2v) is 7.76. The summed E-state index contributed by atoms with van der Waals surface area (Å²) in [5.74, 6) is 1.60. The van der Waals surface area contributed by atoms with Gasteiger partial charge in [0, 0.05) is 30.1 Å². The summed E-state index contributed by atoms with van der Waals surface area (Å²) in [7, 11) is 3.46. The van der Waals surface area contributed by atoms with Crippen LogP contribution in [0.4, 0.5) is 5.95 Å². The second kappa shape index (κ2) is 6.41. The van der Waals surface area contributed by atoms with Crippen LogP contribution in [0.25, 0.3) is 16.6 Å². The highest BCUT2D eigenvalue weighted by molar-refractivity contribution is 5.95. The number of nitrogens with two attached hydrogens (primary N) is 1. The van der Waals surface area contributed by atoms with Crippen LogP contribution >= 0.6 is 0 Å². The van der Waals surface area contributed by atoms with Gasteiger partial charge >= 0.3 is 0 Å². The SMILES string of the molecule is COc1cccc2c1nc(N)n1nc(C3CCC[C@@](O)(c4cnn(C)c4)C3)nc21. The molecular weight excluding hydrogens is 370 g/mol. The van der Waals surface area contributed by atoms with Crippen LogP contribution in [0.2, 0.25) is 0 Å². The molecule has 3 aromatic heterocycles. The van der Waals surface area contributed by atoms with E-state index in [-0.39, 0.29) is 11.9 Å². The van der Waals surface area contributed by atoms with Gasteiger partial charge in [0.2, 0.25) is 5.95 Å². The van der Waals surface area contributed by atoms with Gasteiger partial charge in [-0.05, 0) is 37.8 Å². The maximum atomic E-state index is 11.3. The van der Waals surface area contributed by atoms with Crippen LogP contribution in [0.1, 0.15) is 43.0 Å². The number of rotatable bonds is 3. The number of nitrogens with zero attached hydrogens (tertiary/aromatic N) is 6. The van der Waals surface area contributed by atoms with Crippen molar-refractivity contribution in [2.24, 2.45) is 7.05 Å². The molecule has 1 saturated carbocycles. The van der Waals surface area contributed by atoms with Gasteiger partial charge in [-0.25, -0.2) is 9.97 Å². The maximum Gasteiger partial charge on any atom is 0.223 e.